The van der Waals surface area contributed by atoms with E-state index in [9.17, 15) is 4.79 Å². The monoisotopic (exact) mass is 289 g/mol. The number of carbonyl (C=O) groups is 1. The van der Waals surface area contributed by atoms with Gasteiger partial charge in [-0.3, -0.25) is 4.79 Å². The van der Waals surface area contributed by atoms with Crippen molar-refractivity contribution in [2.45, 2.75) is 45.4 Å². The fourth-order valence-electron chi connectivity index (χ4n) is 2.04. The summed E-state index contributed by atoms with van der Waals surface area (Å²) in [5.74, 6) is -1.28. The molecule has 1 N–H and O–H groups in total. The van der Waals surface area contributed by atoms with Gasteiger partial charge in [0.25, 0.3) is 0 Å². The molecule has 0 saturated carbocycles. The van der Waals surface area contributed by atoms with Crippen molar-refractivity contribution in [3.63, 3.8) is 0 Å². The molecular weight excluding hydrogens is 266 g/mol. The second-order valence-corrected chi connectivity index (χ2v) is 5.13. The Morgan fingerprint density at radius 1 is 1.24 bits per heavy atom. The van der Waals surface area contributed by atoms with E-state index in [1.165, 1.54) is 25.7 Å². The van der Waals surface area contributed by atoms with Crippen LogP contribution in [0.1, 0.15) is 44.6 Å². The third-order valence-corrected chi connectivity index (χ3v) is 3.33. The SMILES string of the molecule is CCCCCCCOc1ccc(CC(C#N)C(=O)O)cc1. The molecule has 0 aliphatic rings. The van der Waals surface area contributed by atoms with Gasteiger partial charge in [-0.1, -0.05) is 44.7 Å². The zero-order valence-electron chi connectivity index (χ0n) is 12.5. The lowest BCUT2D eigenvalue weighted by molar-refractivity contribution is -0.139. The highest BCUT2D eigenvalue weighted by atomic mass is 16.5. The first-order chi connectivity index (χ1) is 10.2. The summed E-state index contributed by atoms with van der Waals surface area (Å²) in [4.78, 5) is 10.8. The molecule has 0 bridgehead atoms. The van der Waals surface area contributed by atoms with Crippen LogP contribution in [0.15, 0.2) is 24.3 Å². The largest absolute Gasteiger partial charge is 0.494 e. The number of unbranched alkanes of at least 4 members (excludes halogenated alkanes) is 4. The highest BCUT2D eigenvalue weighted by Crippen LogP contribution is 2.16. The maximum absolute atomic E-state index is 10.8. The molecule has 0 aromatic heterocycles. The summed E-state index contributed by atoms with van der Waals surface area (Å²) in [7, 11) is 0. The predicted molar refractivity (Wildman–Crippen MR) is 81.1 cm³/mol. The van der Waals surface area contributed by atoms with Gasteiger partial charge in [0.15, 0.2) is 0 Å². The minimum Gasteiger partial charge on any atom is -0.494 e. The molecular formula is C17H23NO3. The fourth-order valence-corrected chi connectivity index (χ4v) is 2.04. The summed E-state index contributed by atoms with van der Waals surface area (Å²) in [6.07, 6.45) is 6.24. The second kappa shape index (κ2) is 9.82. The van der Waals surface area contributed by atoms with Gasteiger partial charge in [-0.15, -0.1) is 0 Å². The van der Waals surface area contributed by atoms with Gasteiger partial charge in [0.05, 0.1) is 12.7 Å². The molecule has 0 saturated heterocycles. The van der Waals surface area contributed by atoms with Crippen molar-refractivity contribution in [2.24, 2.45) is 5.92 Å². The molecule has 1 aromatic carbocycles. The van der Waals surface area contributed by atoms with Crippen LogP contribution in [0, 0.1) is 17.2 Å². The highest BCUT2D eigenvalue weighted by molar-refractivity contribution is 5.73. The molecule has 4 nitrogen and oxygen atoms in total. The zero-order chi connectivity index (χ0) is 15.5. The number of carboxylic acids is 1. The van der Waals surface area contributed by atoms with E-state index in [4.69, 9.17) is 15.1 Å². The number of rotatable bonds is 10. The smallest absolute Gasteiger partial charge is 0.321 e. The molecule has 0 fully saturated rings. The summed E-state index contributed by atoms with van der Waals surface area (Å²) < 4.78 is 5.64. The van der Waals surface area contributed by atoms with Crippen LogP contribution in [0.4, 0.5) is 0 Å². The summed E-state index contributed by atoms with van der Waals surface area (Å²) in [6.45, 7) is 2.90. The van der Waals surface area contributed by atoms with Crippen LogP contribution in [0.25, 0.3) is 0 Å². The lowest BCUT2D eigenvalue weighted by Gasteiger charge is -2.08. The van der Waals surface area contributed by atoms with Crippen molar-refractivity contribution in [3.05, 3.63) is 29.8 Å². The number of nitriles is 1. The molecule has 0 aliphatic carbocycles. The number of benzene rings is 1. The minimum absolute atomic E-state index is 0.225. The third-order valence-electron chi connectivity index (χ3n) is 3.33. The number of hydrogen-bond donors (Lipinski definition) is 1. The number of hydrogen-bond acceptors (Lipinski definition) is 3. The van der Waals surface area contributed by atoms with E-state index < -0.39 is 11.9 Å². The van der Waals surface area contributed by atoms with E-state index in [0.717, 1.165) is 17.7 Å². The van der Waals surface area contributed by atoms with E-state index in [2.05, 4.69) is 6.92 Å². The first-order valence-electron chi connectivity index (χ1n) is 7.51. The summed E-state index contributed by atoms with van der Waals surface area (Å²) in [5, 5.41) is 17.6. The average molecular weight is 289 g/mol. The molecule has 0 spiro atoms. The molecule has 0 radical (unpaired) electrons. The Balaban J connectivity index is 2.33. The van der Waals surface area contributed by atoms with Gasteiger partial charge in [-0.05, 0) is 30.5 Å². The second-order valence-electron chi connectivity index (χ2n) is 5.13. The highest BCUT2D eigenvalue weighted by Gasteiger charge is 2.16. The van der Waals surface area contributed by atoms with E-state index in [-0.39, 0.29) is 6.42 Å². The Hall–Kier alpha value is -2.02. The fraction of sp³-hybridized carbons (Fsp3) is 0.529. The standard InChI is InChI=1S/C17H23NO3/c1-2-3-4-5-6-11-21-16-9-7-14(8-10-16)12-15(13-18)17(19)20/h7-10,15H,2-6,11-12H2,1H3,(H,19,20). The van der Waals surface area contributed by atoms with E-state index >= 15 is 0 Å². The Bertz CT molecular complexity index is 462. The topological polar surface area (TPSA) is 70.3 Å². The Morgan fingerprint density at radius 2 is 1.90 bits per heavy atom. The average Bonchev–Trinajstić information content (AvgIpc) is 2.49. The molecule has 21 heavy (non-hydrogen) atoms. The first-order valence-corrected chi connectivity index (χ1v) is 7.51. The number of nitrogens with zero attached hydrogens (tertiary/aromatic N) is 1. The lowest BCUT2D eigenvalue weighted by Crippen LogP contribution is -2.14. The van der Waals surface area contributed by atoms with Gasteiger partial charge in [0, 0.05) is 0 Å². The third kappa shape index (κ3) is 6.80. The molecule has 0 aliphatic heterocycles. The van der Waals surface area contributed by atoms with Crippen LogP contribution < -0.4 is 4.74 Å². The van der Waals surface area contributed by atoms with Crippen LogP contribution in [0.3, 0.4) is 0 Å². The Morgan fingerprint density at radius 3 is 2.48 bits per heavy atom. The molecule has 1 atom stereocenters. The van der Waals surface area contributed by atoms with Gasteiger partial charge in [0.2, 0.25) is 0 Å². The van der Waals surface area contributed by atoms with Gasteiger partial charge in [-0.25, -0.2) is 0 Å². The zero-order valence-corrected chi connectivity index (χ0v) is 12.5. The van der Waals surface area contributed by atoms with Crippen LogP contribution in [-0.2, 0) is 11.2 Å². The normalized spacial score (nSPS) is 11.6. The van der Waals surface area contributed by atoms with E-state index in [1.54, 1.807) is 6.07 Å². The predicted octanol–water partition coefficient (Wildman–Crippen LogP) is 3.80. The Labute approximate surface area is 126 Å². The summed E-state index contributed by atoms with van der Waals surface area (Å²) >= 11 is 0. The van der Waals surface area contributed by atoms with Crippen molar-refractivity contribution in [2.75, 3.05) is 6.61 Å². The van der Waals surface area contributed by atoms with Crippen molar-refractivity contribution in [1.82, 2.24) is 0 Å². The van der Waals surface area contributed by atoms with Gasteiger partial charge < -0.3 is 9.84 Å². The van der Waals surface area contributed by atoms with Gasteiger partial charge >= 0.3 is 5.97 Å². The molecule has 0 amide bonds. The maximum Gasteiger partial charge on any atom is 0.321 e. The van der Waals surface area contributed by atoms with Crippen LogP contribution >= 0.6 is 0 Å². The quantitative estimate of drug-likeness (QED) is 0.665. The molecule has 1 unspecified atom stereocenters. The Kier molecular flexibility index (Phi) is 7.96. The van der Waals surface area contributed by atoms with Crippen LogP contribution in [0.2, 0.25) is 0 Å². The number of ether oxygens (including phenoxy) is 1. The number of carboxylic acid groups (broad SMARTS) is 1. The van der Waals surface area contributed by atoms with Gasteiger partial charge in [-0.2, -0.15) is 5.26 Å². The molecule has 0 heterocycles. The van der Waals surface area contributed by atoms with Crippen LogP contribution in [0.5, 0.6) is 5.75 Å². The van der Waals surface area contributed by atoms with Crippen LogP contribution in [-0.4, -0.2) is 17.7 Å². The van der Waals surface area contributed by atoms with Crippen molar-refractivity contribution >= 4 is 5.97 Å². The number of aliphatic carboxylic acids is 1. The first kappa shape index (κ1) is 17.0. The molecule has 4 heteroatoms. The summed E-state index contributed by atoms with van der Waals surface area (Å²) in [6, 6.07) is 9.09. The molecule has 1 aromatic rings. The lowest BCUT2D eigenvalue weighted by atomic mass is 10.0. The van der Waals surface area contributed by atoms with E-state index in [0.29, 0.717) is 6.61 Å². The molecule has 114 valence electrons. The molecule has 1 rings (SSSR count). The summed E-state index contributed by atoms with van der Waals surface area (Å²) in [5.41, 5.74) is 0.833. The minimum atomic E-state index is -1.08. The van der Waals surface area contributed by atoms with Crippen molar-refractivity contribution < 1.29 is 14.6 Å². The maximum atomic E-state index is 10.8. The van der Waals surface area contributed by atoms with Crippen molar-refractivity contribution in [1.29, 1.82) is 5.26 Å². The van der Waals surface area contributed by atoms with E-state index in [1.807, 2.05) is 24.3 Å². The van der Waals surface area contributed by atoms with Crippen molar-refractivity contribution in [3.8, 4) is 11.8 Å². The van der Waals surface area contributed by atoms with Gasteiger partial charge in [0.1, 0.15) is 11.7 Å².